The molecule has 2 aliphatic heterocycles. The fourth-order valence-electron chi connectivity index (χ4n) is 3.90. The molecular weight excluding hydrogens is 322 g/mol. The first-order valence-corrected chi connectivity index (χ1v) is 9.61. The molecule has 4 rings (SSSR count). The van der Waals surface area contributed by atoms with Crippen LogP contribution in [0.1, 0.15) is 25.7 Å². The molecule has 24 heavy (non-hydrogen) atoms. The number of anilines is 1. The number of piperidine rings is 1. The molecule has 0 saturated carbocycles. The normalized spacial score (nSPS) is 24.5. The number of hydrogen-bond acceptors (Lipinski definition) is 5. The number of rotatable bonds is 4. The summed E-state index contributed by atoms with van der Waals surface area (Å²) in [6.07, 6.45) is 9.85. The highest BCUT2D eigenvalue weighted by Gasteiger charge is 2.35. The van der Waals surface area contributed by atoms with E-state index in [2.05, 4.69) is 19.9 Å². The lowest BCUT2D eigenvalue weighted by Gasteiger charge is -2.35. The Labute approximate surface area is 146 Å². The zero-order valence-corrected chi connectivity index (χ0v) is 14.6. The van der Waals surface area contributed by atoms with Gasteiger partial charge in [0.2, 0.25) is 5.91 Å². The molecule has 2 atom stereocenters. The van der Waals surface area contributed by atoms with Gasteiger partial charge in [-0.2, -0.15) is 5.10 Å². The van der Waals surface area contributed by atoms with Crippen LogP contribution in [0.3, 0.4) is 0 Å². The van der Waals surface area contributed by atoms with Crippen LogP contribution in [0.25, 0.3) is 0 Å². The highest BCUT2D eigenvalue weighted by Crippen LogP contribution is 2.28. The van der Waals surface area contributed by atoms with Crippen LogP contribution in [0.2, 0.25) is 0 Å². The molecule has 2 fully saturated rings. The number of likely N-dealkylation sites (tertiary alicyclic amines) is 1. The maximum Gasteiger partial charge on any atom is 0.227 e. The first-order valence-electron chi connectivity index (χ1n) is 8.73. The van der Waals surface area contributed by atoms with Gasteiger partial charge < -0.3 is 9.80 Å². The van der Waals surface area contributed by atoms with Gasteiger partial charge in [-0.1, -0.05) is 0 Å². The van der Waals surface area contributed by atoms with E-state index in [4.69, 9.17) is 0 Å². The lowest BCUT2D eigenvalue weighted by atomic mass is 9.96. The molecule has 2 aromatic heterocycles. The molecule has 0 radical (unpaired) electrons. The second-order valence-electron chi connectivity index (χ2n) is 6.66. The predicted molar refractivity (Wildman–Crippen MR) is 94.0 cm³/mol. The van der Waals surface area contributed by atoms with Crippen LogP contribution in [0, 0.1) is 5.92 Å². The summed E-state index contributed by atoms with van der Waals surface area (Å²) < 4.78 is 1.94. The lowest BCUT2D eigenvalue weighted by molar-refractivity contribution is -0.136. The van der Waals surface area contributed by atoms with Gasteiger partial charge in [0.15, 0.2) is 5.13 Å². The third-order valence-electron chi connectivity index (χ3n) is 5.08. The monoisotopic (exact) mass is 345 g/mol. The van der Waals surface area contributed by atoms with Crippen molar-refractivity contribution in [3.63, 3.8) is 0 Å². The molecule has 0 spiro atoms. The first kappa shape index (κ1) is 15.6. The minimum Gasteiger partial charge on any atom is -0.347 e. The Balaban J connectivity index is 1.42. The van der Waals surface area contributed by atoms with Gasteiger partial charge in [-0.3, -0.25) is 9.48 Å². The molecular formula is C17H23N5OS. The third kappa shape index (κ3) is 3.17. The molecule has 0 N–H and O–H groups in total. The molecule has 0 aliphatic carbocycles. The van der Waals surface area contributed by atoms with Crippen LogP contribution in [0.15, 0.2) is 30.0 Å². The van der Waals surface area contributed by atoms with Gasteiger partial charge in [-0.15, -0.1) is 11.3 Å². The maximum atomic E-state index is 13.1. The molecule has 2 saturated heterocycles. The zero-order chi connectivity index (χ0) is 16.4. The molecule has 128 valence electrons. The highest BCUT2D eigenvalue weighted by molar-refractivity contribution is 7.13. The second-order valence-corrected chi connectivity index (χ2v) is 7.53. The fraction of sp³-hybridized carbons (Fsp3) is 0.588. The van der Waals surface area contributed by atoms with Crippen molar-refractivity contribution in [2.45, 2.75) is 38.3 Å². The molecule has 0 unspecified atom stereocenters. The van der Waals surface area contributed by atoms with Gasteiger partial charge in [0, 0.05) is 43.6 Å². The molecule has 4 heterocycles. The average molecular weight is 345 g/mol. The Hall–Kier alpha value is -1.89. The lowest BCUT2D eigenvalue weighted by Crippen LogP contribution is -2.47. The van der Waals surface area contributed by atoms with Crippen molar-refractivity contribution >= 4 is 22.4 Å². The van der Waals surface area contributed by atoms with E-state index in [-0.39, 0.29) is 12.0 Å². The van der Waals surface area contributed by atoms with E-state index in [0.717, 1.165) is 57.0 Å². The Morgan fingerprint density at radius 1 is 1.25 bits per heavy atom. The van der Waals surface area contributed by atoms with Gasteiger partial charge in [0.1, 0.15) is 0 Å². The molecule has 2 aromatic rings. The van der Waals surface area contributed by atoms with E-state index >= 15 is 0 Å². The average Bonchev–Trinajstić information content (AvgIpc) is 3.37. The molecule has 7 heteroatoms. The van der Waals surface area contributed by atoms with Gasteiger partial charge in [-0.25, -0.2) is 4.98 Å². The largest absolute Gasteiger partial charge is 0.347 e. The van der Waals surface area contributed by atoms with Crippen LogP contribution in [0.5, 0.6) is 0 Å². The van der Waals surface area contributed by atoms with E-state index in [1.807, 2.05) is 28.5 Å². The molecule has 2 aliphatic rings. The number of aromatic nitrogens is 3. The summed E-state index contributed by atoms with van der Waals surface area (Å²) in [5, 5.41) is 7.34. The standard InChI is InChI=1S/C17H23N5OS/c23-16(14-4-1-8-20(12-14)17-18-7-11-24-17)22-10-2-5-15(22)13-21-9-3-6-19-21/h3,6-7,9,11,14-15H,1-2,4-5,8,10,12-13H2/t14-,15-/m0/s1. The topological polar surface area (TPSA) is 54.3 Å². The van der Waals surface area contributed by atoms with Gasteiger partial charge in [0.05, 0.1) is 18.5 Å². The second kappa shape index (κ2) is 6.93. The van der Waals surface area contributed by atoms with E-state index < -0.39 is 0 Å². The molecule has 1 amide bonds. The van der Waals surface area contributed by atoms with Crippen molar-refractivity contribution in [3.8, 4) is 0 Å². The minimum atomic E-state index is 0.0980. The highest BCUT2D eigenvalue weighted by atomic mass is 32.1. The Morgan fingerprint density at radius 3 is 2.96 bits per heavy atom. The number of amides is 1. The first-order chi connectivity index (χ1) is 11.8. The summed E-state index contributed by atoms with van der Waals surface area (Å²) in [5.74, 6) is 0.423. The Kier molecular flexibility index (Phi) is 4.51. The maximum absolute atomic E-state index is 13.1. The predicted octanol–water partition coefficient (Wildman–Crippen LogP) is 2.25. The quantitative estimate of drug-likeness (QED) is 0.853. The van der Waals surface area contributed by atoms with E-state index in [1.54, 1.807) is 17.5 Å². The summed E-state index contributed by atoms with van der Waals surface area (Å²) in [6.45, 7) is 3.51. The molecule has 0 aromatic carbocycles. The van der Waals surface area contributed by atoms with Crippen molar-refractivity contribution in [1.29, 1.82) is 0 Å². The molecule has 0 bridgehead atoms. The minimum absolute atomic E-state index is 0.0980. The Morgan fingerprint density at radius 2 is 2.17 bits per heavy atom. The van der Waals surface area contributed by atoms with Gasteiger partial charge >= 0.3 is 0 Å². The van der Waals surface area contributed by atoms with Crippen LogP contribution in [0.4, 0.5) is 5.13 Å². The SMILES string of the molecule is O=C([C@H]1CCCN(c2nccs2)C1)N1CCC[C@H]1Cn1cccn1. The number of thiazole rings is 1. The van der Waals surface area contributed by atoms with E-state index in [9.17, 15) is 4.79 Å². The summed E-state index contributed by atoms with van der Waals surface area (Å²) in [4.78, 5) is 21.9. The van der Waals surface area contributed by atoms with Crippen LogP contribution in [-0.4, -0.2) is 51.2 Å². The van der Waals surface area contributed by atoms with Gasteiger partial charge in [0.25, 0.3) is 0 Å². The van der Waals surface area contributed by atoms with Crippen molar-refractivity contribution in [1.82, 2.24) is 19.7 Å². The third-order valence-corrected chi connectivity index (χ3v) is 5.91. The zero-order valence-electron chi connectivity index (χ0n) is 13.8. The van der Waals surface area contributed by atoms with Crippen molar-refractivity contribution in [2.75, 3.05) is 24.5 Å². The number of carbonyl (C=O) groups is 1. The van der Waals surface area contributed by atoms with Gasteiger partial charge in [-0.05, 0) is 31.7 Å². The van der Waals surface area contributed by atoms with Crippen LogP contribution in [-0.2, 0) is 11.3 Å². The van der Waals surface area contributed by atoms with Crippen molar-refractivity contribution in [2.24, 2.45) is 5.92 Å². The summed E-state index contributed by atoms with van der Waals surface area (Å²) in [7, 11) is 0. The summed E-state index contributed by atoms with van der Waals surface area (Å²) in [5.41, 5.74) is 0. The fourth-order valence-corrected chi connectivity index (χ4v) is 4.58. The summed E-state index contributed by atoms with van der Waals surface area (Å²) in [6, 6.07) is 2.22. The summed E-state index contributed by atoms with van der Waals surface area (Å²) >= 11 is 1.66. The van der Waals surface area contributed by atoms with Crippen molar-refractivity contribution < 1.29 is 4.79 Å². The number of nitrogens with zero attached hydrogens (tertiary/aromatic N) is 5. The van der Waals surface area contributed by atoms with E-state index in [0.29, 0.717) is 5.91 Å². The van der Waals surface area contributed by atoms with E-state index in [1.165, 1.54) is 0 Å². The van der Waals surface area contributed by atoms with Crippen LogP contribution >= 0.6 is 11.3 Å². The number of carbonyl (C=O) groups excluding carboxylic acids is 1. The van der Waals surface area contributed by atoms with Crippen molar-refractivity contribution in [3.05, 3.63) is 30.0 Å². The smallest absolute Gasteiger partial charge is 0.227 e. The number of hydrogen-bond donors (Lipinski definition) is 0. The molecule has 6 nitrogen and oxygen atoms in total. The van der Waals surface area contributed by atoms with Crippen LogP contribution < -0.4 is 4.90 Å². The Bertz CT molecular complexity index is 657.